The van der Waals surface area contributed by atoms with E-state index in [1.807, 2.05) is 6.08 Å². The number of esters is 1. The van der Waals surface area contributed by atoms with Crippen molar-refractivity contribution >= 4 is 11.9 Å². The smallest absolute Gasteiger partial charge is 0.306 e. The highest BCUT2D eigenvalue weighted by Gasteiger charge is 2.47. The fraction of sp³-hybridized carbons (Fsp3) is 0.794. The predicted octanol–water partition coefficient (Wildman–Crippen LogP) is 16.0. The number of hydrogen-bond acceptors (Lipinski definition) is 10. The van der Waals surface area contributed by atoms with E-state index in [9.17, 15) is 35.1 Å². The number of carbonyl (C=O) groups excluding carboxylic acids is 2. The van der Waals surface area contributed by atoms with Crippen LogP contribution in [0.3, 0.4) is 0 Å². The normalized spacial score (nSPS) is 19.3. The second-order valence-corrected chi connectivity index (χ2v) is 22.5. The first-order chi connectivity index (χ1) is 38.7. The van der Waals surface area contributed by atoms with Crippen LogP contribution < -0.4 is 5.32 Å². The predicted molar refractivity (Wildman–Crippen MR) is 329 cm³/mol. The van der Waals surface area contributed by atoms with Gasteiger partial charge in [0.15, 0.2) is 12.4 Å². The first-order valence-corrected chi connectivity index (χ1v) is 32.7. The van der Waals surface area contributed by atoms with Crippen LogP contribution in [0.2, 0.25) is 0 Å². The van der Waals surface area contributed by atoms with E-state index in [1.165, 1.54) is 141 Å². The summed E-state index contributed by atoms with van der Waals surface area (Å²) in [5, 5.41) is 56.9. The van der Waals surface area contributed by atoms with E-state index in [0.29, 0.717) is 12.8 Å². The lowest BCUT2D eigenvalue weighted by atomic mass is 9.99. The summed E-state index contributed by atoms with van der Waals surface area (Å²) < 4.78 is 17.6. The topological polar surface area (TPSA) is 175 Å². The van der Waals surface area contributed by atoms with Gasteiger partial charge in [-0.15, -0.1) is 0 Å². The van der Waals surface area contributed by atoms with Gasteiger partial charge < -0.3 is 45.1 Å². The summed E-state index contributed by atoms with van der Waals surface area (Å²) in [5.41, 5.74) is 0. The molecular formula is C68H121NO10. The van der Waals surface area contributed by atoms with Gasteiger partial charge in [-0.2, -0.15) is 0 Å². The Morgan fingerprint density at radius 3 is 1.38 bits per heavy atom. The number of ether oxygens (including phenoxy) is 3. The summed E-state index contributed by atoms with van der Waals surface area (Å²) in [7, 11) is 0. The van der Waals surface area contributed by atoms with Gasteiger partial charge in [0.25, 0.3) is 0 Å². The van der Waals surface area contributed by atoms with Gasteiger partial charge in [0.2, 0.25) is 5.91 Å². The molecule has 1 aliphatic rings. The Bertz CT molecular complexity index is 1560. The van der Waals surface area contributed by atoms with Gasteiger partial charge in [-0.05, 0) is 89.9 Å². The number of rotatable bonds is 55. The van der Waals surface area contributed by atoms with Crippen molar-refractivity contribution in [2.75, 3.05) is 13.2 Å². The van der Waals surface area contributed by atoms with E-state index < -0.39 is 67.4 Å². The van der Waals surface area contributed by atoms with E-state index in [1.54, 1.807) is 6.08 Å². The SMILES string of the molecule is CCCC/C=C\CCCCCCC(O)C(=O)NC(COC1OC(CO)C(O)C(O)C1OC(=O)CCCCCCCCCCCCC/C=C\C/C=C\C/C=C\C/C=C\CCCCC)C(O)/C=C/CCCCCCCCCCCCC. The van der Waals surface area contributed by atoms with Crippen LogP contribution in [0.25, 0.3) is 0 Å². The number of unbranched alkanes of at least 4 members (excludes halogenated alkanes) is 31. The van der Waals surface area contributed by atoms with Crippen LogP contribution in [0.1, 0.15) is 284 Å². The molecule has 1 fully saturated rings. The van der Waals surface area contributed by atoms with Crippen LogP contribution in [0, 0.1) is 0 Å². The molecular weight excluding hydrogens is 991 g/mol. The molecule has 6 N–H and O–H groups in total. The molecule has 0 radical (unpaired) electrons. The summed E-state index contributed by atoms with van der Waals surface area (Å²) in [5.74, 6) is -1.21. The van der Waals surface area contributed by atoms with E-state index in [-0.39, 0.29) is 19.4 Å². The number of carbonyl (C=O) groups is 2. The minimum Gasteiger partial charge on any atom is -0.454 e. The lowest BCUT2D eigenvalue weighted by molar-refractivity contribution is -0.305. The zero-order valence-corrected chi connectivity index (χ0v) is 50.7. The number of nitrogens with one attached hydrogen (secondary N) is 1. The number of allylic oxidation sites excluding steroid dienone is 11. The van der Waals surface area contributed by atoms with Crippen LogP contribution in [-0.2, 0) is 23.8 Å². The number of hydrogen-bond donors (Lipinski definition) is 6. The van der Waals surface area contributed by atoms with E-state index >= 15 is 0 Å². The van der Waals surface area contributed by atoms with Gasteiger partial charge in [-0.3, -0.25) is 9.59 Å². The monoisotopic (exact) mass is 1110 g/mol. The highest BCUT2D eigenvalue weighted by molar-refractivity contribution is 5.80. The van der Waals surface area contributed by atoms with Gasteiger partial charge in [0.05, 0.1) is 25.4 Å². The zero-order valence-electron chi connectivity index (χ0n) is 50.7. The van der Waals surface area contributed by atoms with E-state index in [2.05, 4.69) is 86.8 Å². The summed E-state index contributed by atoms with van der Waals surface area (Å²) in [4.78, 5) is 26.5. The largest absolute Gasteiger partial charge is 0.454 e. The Labute approximate surface area is 483 Å². The molecule has 79 heavy (non-hydrogen) atoms. The molecule has 1 heterocycles. The molecule has 0 aromatic heterocycles. The molecule has 0 bridgehead atoms. The maximum absolute atomic E-state index is 13.4. The first-order valence-electron chi connectivity index (χ1n) is 32.7. The van der Waals surface area contributed by atoms with Gasteiger partial charge in [-0.1, -0.05) is 261 Å². The third kappa shape index (κ3) is 43.5. The van der Waals surface area contributed by atoms with Crippen molar-refractivity contribution in [1.82, 2.24) is 5.32 Å². The third-order valence-electron chi connectivity index (χ3n) is 15.1. The Hall–Kier alpha value is -2.90. The molecule has 1 amide bonds. The van der Waals surface area contributed by atoms with Gasteiger partial charge in [-0.25, -0.2) is 0 Å². The fourth-order valence-corrected chi connectivity index (χ4v) is 9.85. The Morgan fingerprint density at radius 2 is 0.886 bits per heavy atom. The summed E-state index contributed by atoms with van der Waals surface area (Å²) >= 11 is 0. The Balaban J connectivity index is 2.55. The van der Waals surface area contributed by atoms with Crippen LogP contribution in [0.15, 0.2) is 72.9 Å². The maximum Gasteiger partial charge on any atom is 0.306 e. The molecule has 0 aliphatic carbocycles. The molecule has 0 spiro atoms. The maximum atomic E-state index is 13.4. The summed E-state index contributed by atoms with van der Waals surface area (Å²) in [6.07, 6.45) is 61.0. The van der Waals surface area contributed by atoms with Gasteiger partial charge in [0.1, 0.15) is 24.4 Å². The molecule has 1 saturated heterocycles. The van der Waals surface area contributed by atoms with Crippen molar-refractivity contribution in [2.45, 2.75) is 333 Å². The van der Waals surface area contributed by atoms with Crippen LogP contribution >= 0.6 is 0 Å². The minimum absolute atomic E-state index is 0.117. The Kier molecular flexibility index (Phi) is 52.2. The fourth-order valence-electron chi connectivity index (χ4n) is 9.85. The van der Waals surface area contributed by atoms with Gasteiger partial charge >= 0.3 is 5.97 Å². The Morgan fingerprint density at radius 1 is 0.494 bits per heavy atom. The molecule has 0 aromatic rings. The molecule has 8 unspecified atom stereocenters. The highest BCUT2D eigenvalue weighted by Crippen LogP contribution is 2.26. The van der Waals surface area contributed by atoms with Crippen LogP contribution in [0.5, 0.6) is 0 Å². The third-order valence-corrected chi connectivity index (χ3v) is 15.1. The minimum atomic E-state index is -1.62. The lowest BCUT2D eigenvalue weighted by Gasteiger charge is -2.41. The number of amides is 1. The first kappa shape index (κ1) is 74.1. The summed E-state index contributed by atoms with van der Waals surface area (Å²) in [6.45, 7) is 5.71. The van der Waals surface area contributed by atoms with Crippen LogP contribution in [0.4, 0.5) is 0 Å². The van der Waals surface area contributed by atoms with Crippen molar-refractivity contribution in [3.63, 3.8) is 0 Å². The highest BCUT2D eigenvalue weighted by atomic mass is 16.7. The molecule has 458 valence electrons. The average Bonchev–Trinajstić information content (AvgIpc) is 3.44. The van der Waals surface area contributed by atoms with Crippen molar-refractivity contribution in [1.29, 1.82) is 0 Å². The standard InChI is InChI=1S/C68H121NO10/c1-4-7-10-13-16-19-22-24-25-26-27-28-29-30-31-32-33-34-35-36-37-39-41-44-47-50-53-56-63(73)79-66-65(75)64(74)62(57-70)78-68(66)77-58-59(60(71)54-51-48-45-43-40-38-23-20-17-14-11-8-5-2)69-67(76)61(72)55-52-49-46-42-21-18-15-12-9-6-3/h15-16,18-19,24-25,27-28,30-31,51,54,59-62,64-66,68,70-72,74-75H,4-14,17,20-23,26,29,32-50,52-53,55-58H2,1-3H3,(H,69,76)/b18-15-,19-16-,25-24-,28-27-,31-30-,54-51+. The van der Waals surface area contributed by atoms with Crippen molar-refractivity contribution in [3.8, 4) is 0 Å². The quantitative estimate of drug-likeness (QED) is 0.0195. The molecule has 11 nitrogen and oxygen atoms in total. The van der Waals surface area contributed by atoms with Crippen molar-refractivity contribution < 1.29 is 49.3 Å². The second kappa shape index (κ2) is 55.6. The molecule has 11 heteroatoms. The van der Waals surface area contributed by atoms with E-state index in [4.69, 9.17) is 14.2 Å². The molecule has 0 aromatic carbocycles. The molecule has 1 rings (SSSR count). The average molecular weight is 1110 g/mol. The van der Waals surface area contributed by atoms with Crippen LogP contribution in [-0.4, -0.2) is 99.6 Å². The summed E-state index contributed by atoms with van der Waals surface area (Å²) in [6, 6.07) is -1.03. The zero-order chi connectivity index (χ0) is 57.5. The van der Waals surface area contributed by atoms with Gasteiger partial charge in [0, 0.05) is 6.42 Å². The molecule has 0 saturated carbocycles. The second-order valence-electron chi connectivity index (χ2n) is 22.5. The molecule has 1 aliphatic heterocycles. The van der Waals surface area contributed by atoms with Crippen molar-refractivity contribution in [3.05, 3.63) is 72.9 Å². The van der Waals surface area contributed by atoms with Crippen molar-refractivity contribution in [2.24, 2.45) is 0 Å². The van der Waals surface area contributed by atoms with E-state index in [0.717, 1.165) is 96.3 Å². The number of aliphatic hydroxyl groups is 5. The number of aliphatic hydroxyl groups excluding tert-OH is 5. The lowest BCUT2D eigenvalue weighted by Crippen LogP contribution is -2.61. The molecule has 8 atom stereocenters.